The average Bonchev–Trinajstić information content (AvgIpc) is 3.25. The maximum atomic E-state index is 13.3. The number of benzene rings is 1. The molecule has 1 fully saturated rings. The van der Waals surface area contributed by atoms with Crippen LogP contribution < -0.4 is 9.64 Å². The zero-order valence-electron chi connectivity index (χ0n) is 17.4. The minimum atomic E-state index is -0.762. The predicted molar refractivity (Wildman–Crippen MR) is 108 cm³/mol. The van der Waals surface area contributed by atoms with Crippen molar-refractivity contribution in [1.29, 1.82) is 0 Å². The smallest absolute Gasteiger partial charge is 0.328 e. The molecule has 0 spiro atoms. The van der Waals surface area contributed by atoms with Crippen LogP contribution in [0.5, 0.6) is 5.75 Å². The van der Waals surface area contributed by atoms with Crippen molar-refractivity contribution in [1.82, 2.24) is 14.7 Å². The Morgan fingerprint density at radius 3 is 2.50 bits per heavy atom. The molecule has 2 unspecified atom stereocenters. The Kier molecular flexibility index (Phi) is 4.64. The molecule has 0 saturated carbocycles. The third-order valence-corrected chi connectivity index (χ3v) is 5.73. The van der Waals surface area contributed by atoms with Crippen LogP contribution in [0.4, 0.5) is 10.5 Å². The lowest BCUT2D eigenvalue weighted by Gasteiger charge is -2.40. The third-order valence-electron chi connectivity index (χ3n) is 5.73. The van der Waals surface area contributed by atoms with Crippen molar-refractivity contribution in [3.8, 4) is 5.75 Å². The molecule has 0 N–H and O–H groups in total. The number of ether oxygens (including phenoxy) is 2. The van der Waals surface area contributed by atoms with E-state index < -0.39 is 36.7 Å². The number of para-hydroxylation sites is 2. The number of amides is 3. The van der Waals surface area contributed by atoms with Crippen LogP contribution in [0.25, 0.3) is 0 Å². The van der Waals surface area contributed by atoms with Crippen molar-refractivity contribution in [3.63, 3.8) is 0 Å². The number of rotatable bonds is 4. The highest BCUT2D eigenvalue weighted by Gasteiger charge is 2.56. The van der Waals surface area contributed by atoms with Crippen LogP contribution in [0.3, 0.4) is 0 Å². The number of carbonyl (C=O) groups excluding carboxylic acids is 3. The van der Waals surface area contributed by atoms with E-state index in [1.165, 1.54) is 12.0 Å². The van der Waals surface area contributed by atoms with Gasteiger partial charge in [-0.15, -0.1) is 0 Å². The third kappa shape index (κ3) is 2.63. The van der Waals surface area contributed by atoms with Gasteiger partial charge >= 0.3 is 12.0 Å². The maximum absolute atomic E-state index is 13.3. The molecule has 3 aliphatic heterocycles. The molecule has 3 heterocycles. The van der Waals surface area contributed by atoms with Crippen molar-refractivity contribution < 1.29 is 23.9 Å². The Morgan fingerprint density at radius 1 is 1.13 bits per heavy atom. The summed E-state index contributed by atoms with van der Waals surface area (Å²) in [5, 5.41) is 0. The van der Waals surface area contributed by atoms with Crippen LogP contribution in [-0.4, -0.2) is 78.6 Å². The van der Waals surface area contributed by atoms with Gasteiger partial charge in [0.15, 0.2) is 12.2 Å². The molecule has 158 valence electrons. The van der Waals surface area contributed by atoms with Gasteiger partial charge in [0.25, 0.3) is 5.91 Å². The second-order valence-corrected chi connectivity index (χ2v) is 7.23. The monoisotopic (exact) mass is 413 g/mol. The molecule has 0 bridgehead atoms. The van der Waals surface area contributed by atoms with Crippen molar-refractivity contribution in [3.05, 3.63) is 35.7 Å². The number of allylic oxidation sites excluding steroid dienone is 2. The number of nitrogens with zero attached hydrogens (tertiary/aromatic N) is 5. The fourth-order valence-electron chi connectivity index (χ4n) is 4.06. The van der Waals surface area contributed by atoms with Gasteiger partial charge in [0.2, 0.25) is 5.96 Å². The SMILES string of the molecule is COC(=O)CN1C(=O)C2C(N=C3N(c4ccccc4OC)C(C)=C(C)N32)N(C)C1=O. The van der Waals surface area contributed by atoms with Crippen molar-refractivity contribution >= 4 is 29.6 Å². The maximum Gasteiger partial charge on any atom is 0.328 e. The van der Waals surface area contributed by atoms with E-state index in [0.29, 0.717) is 11.7 Å². The van der Waals surface area contributed by atoms with Gasteiger partial charge in [-0.2, -0.15) is 0 Å². The molecule has 1 aromatic rings. The van der Waals surface area contributed by atoms with Crippen molar-refractivity contribution in [2.45, 2.75) is 26.1 Å². The molecule has 0 aliphatic carbocycles. The summed E-state index contributed by atoms with van der Waals surface area (Å²) in [5.74, 6) is 0.0500. The average molecular weight is 413 g/mol. The number of carbonyl (C=O) groups is 3. The van der Waals surface area contributed by atoms with Gasteiger partial charge < -0.3 is 14.4 Å². The second-order valence-electron chi connectivity index (χ2n) is 7.23. The molecule has 4 rings (SSSR count). The van der Waals surface area contributed by atoms with Gasteiger partial charge in [-0.25, -0.2) is 9.79 Å². The fourth-order valence-corrected chi connectivity index (χ4v) is 4.06. The molecule has 1 saturated heterocycles. The molecule has 3 aliphatic rings. The molecular formula is C20H23N5O5. The summed E-state index contributed by atoms with van der Waals surface area (Å²) in [6.07, 6.45) is -0.700. The number of methoxy groups -OCH3 is 2. The summed E-state index contributed by atoms with van der Waals surface area (Å²) in [4.78, 5) is 48.5. The van der Waals surface area contributed by atoms with Crippen LogP contribution in [-0.2, 0) is 14.3 Å². The summed E-state index contributed by atoms with van der Waals surface area (Å²) < 4.78 is 10.2. The van der Waals surface area contributed by atoms with E-state index in [1.807, 2.05) is 47.9 Å². The molecule has 10 heteroatoms. The first-order valence-electron chi connectivity index (χ1n) is 9.44. The number of esters is 1. The van der Waals surface area contributed by atoms with Crippen molar-refractivity contribution in [2.75, 3.05) is 32.7 Å². The summed E-state index contributed by atoms with van der Waals surface area (Å²) in [7, 11) is 4.38. The Balaban J connectivity index is 1.77. The molecule has 30 heavy (non-hydrogen) atoms. The van der Waals surface area contributed by atoms with E-state index in [9.17, 15) is 14.4 Å². The summed E-state index contributed by atoms with van der Waals surface area (Å²) in [5.41, 5.74) is 2.51. The van der Waals surface area contributed by atoms with Crippen LogP contribution >= 0.6 is 0 Å². The van der Waals surface area contributed by atoms with Crippen LogP contribution in [0.1, 0.15) is 13.8 Å². The van der Waals surface area contributed by atoms with Gasteiger partial charge in [0.05, 0.1) is 19.9 Å². The van der Waals surface area contributed by atoms with E-state index in [0.717, 1.165) is 22.0 Å². The molecule has 2 atom stereocenters. The molecule has 10 nitrogen and oxygen atoms in total. The molecule has 0 radical (unpaired) electrons. The number of anilines is 1. The fraction of sp³-hybridized carbons (Fsp3) is 0.400. The van der Waals surface area contributed by atoms with Gasteiger partial charge in [0.1, 0.15) is 12.3 Å². The number of hydrogen-bond acceptors (Lipinski definition) is 8. The zero-order chi connectivity index (χ0) is 21.7. The standard InChI is InChI=1S/C20H23N5O5/c1-11-12(2)25-16-17(22(3)20(28)23(18(16)27)10-15(26)30-5)21-19(25)24(11)13-8-6-7-9-14(13)29-4/h6-9,16-17H,10H2,1-5H3. The van der Waals surface area contributed by atoms with Gasteiger partial charge in [-0.05, 0) is 26.0 Å². The minimum Gasteiger partial charge on any atom is -0.495 e. The number of likely N-dealkylation sites (N-methyl/N-ethyl adjacent to an activating group) is 1. The number of guanidine groups is 1. The van der Waals surface area contributed by atoms with E-state index in [2.05, 4.69) is 4.74 Å². The molecule has 3 amide bonds. The minimum absolute atomic E-state index is 0.442. The van der Waals surface area contributed by atoms with E-state index in [1.54, 1.807) is 14.2 Å². The first-order valence-corrected chi connectivity index (χ1v) is 9.44. The quantitative estimate of drug-likeness (QED) is 0.685. The first-order chi connectivity index (χ1) is 14.3. The van der Waals surface area contributed by atoms with Gasteiger partial charge in [0, 0.05) is 18.4 Å². The zero-order valence-corrected chi connectivity index (χ0v) is 17.4. The van der Waals surface area contributed by atoms with Crippen molar-refractivity contribution in [2.24, 2.45) is 4.99 Å². The molecular weight excluding hydrogens is 390 g/mol. The van der Waals surface area contributed by atoms with Gasteiger partial charge in [-0.1, -0.05) is 12.1 Å². The lowest BCUT2D eigenvalue weighted by Crippen LogP contribution is -2.65. The lowest BCUT2D eigenvalue weighted by atomic mass is 10.1. The normalized spacial score (nSPS) is 23.0. The Hall–Kier alpha value is -3.56. The largest absolute Gasteiger partial charge is 0.495 e. The number of urea groups is 1. The lowest BCUT2D eigenvalue weighted by molar-refractivity contribution is -0.148. The Labute approximate surface area is 173 Å². The van der Waals surface area contributed by atoms with Gasteiger partial charge in [-0.3, -0.25) is 24.3 Å². The number of aliphatic imine (C=N–C) groups is 1. The second kappa shape index (κ2) is 7.05. The topological polar surface area (TPSA) is 95.0 Å². The summed E-state index contributed by atoms with van der Waals surface area (Å²) in [6.45, 7) is 3.39. The van der Waals surface area contributed by atoms with Crippen LogP contribution in [0.2, 0.25) is 0 Å². The van der Waals surface area contributed by atoms with E-state index in [-0.39, 0.29) is 0 Å². The molecule has 1 aromatic carbocycles. The highest BCUT2D eigenvalue weighted by atomic mass is 16.5. The highest BCUT2D eigenvalue weighted by molar-refractivity contribution is 6.11. The van der Waals surface area contributed by atoms with E-state index in [4.69, 9.17) is 9.73 Å². The van der Waals surface area contributed by atoms with E-state index >= 15 is 0 Å². The number of imide groups is 1. The summed E-state index contributed by atoms with van der Waals surface area (Å²) in [6, 6.07) is 6.18. The predicted octanol–water partition coefficient (Wildman–Crippen LogP) is 1.20. The highest BCUT2D eigenvalue weighted by Crippen LogP contribution is 2.42. The number of fused-ring (bicyclic) bond motifs is 3. The summed E-state index contributed by atoms with van der Waals surface area (Å²) >= 11 is 0. The van der Waals surface area contributed by atoms with Crippen LogP contribution in [0.15, 0.2) is 40.7 Å². The number of hydrogen-bond donors (Lipinski definition) is 0. The molecule has 0 aromatic heterocycles. The first kappa shape index (κ1) is 19.7. The van der Waals surface area contributed by atoms with Crippen LogP contribution in [0, 0.1) is 0 Å². The Bertz CT molecular complexity index is 1000. The Morgan fingerprint density at radius 2 is 1.83 bits per heavy atom.